The van der Waals surface area contributed by atoms with E-state index in [0.717, 1.165) is 0 Å². The quantitative estimate of drug-likeness (QED) is 0.0915. The monoisotopic (exact) mass is 551 g/mol. The van der Waals surface area contributed by atoms with Crippen LogP contribution in [0.4, 0.5) is 5.69 Å². The van der Waals surface area contributed by atoms with Gasteiger partial charge in [0.15, 0.2) is 6.23 Å². The molecule has 0 spiro atoms. The van der Waals surface area contributed by atoms with Gasteiger partial charge in [0, 0.05) is 0 Å². The molecule has 0 bridgehead atoms. The molecule has 1 fully saturated rings. The predicted molar refractivity (Wildman–Crippen MR) is 99.9 cm³/mol. The maximum absolute atomic E-state index is 11.8. The predicted octanol–water partition coefficient (Wildman–Crippen LogP) is -6.41. The molecule has 33 heavy (non-hydrogen) atoms. The fourth-order valence-electron chi connectivity index (χ4n) is 2.85. The van der Waals surface area contributed by atoms with E-state index in [0.29, 0.717) is 16.7 Å². The van der Waals surface area contributed by atoms with Gasteiger partial charge in [0.1, 0.15) is 23.8 Å². The van der Waals surface area contributed by atoms with E-state index < -0.39 is 54.6 Å². The van der Waals surface area contributed by atoms with Crippen molar-refractivity contribution in [2.45, 2.75) is 24.5 Å². The zero-order valence-corrected chi connectivity index (χ0v) is 23.9. The summed E-state index contributed by atoms with van der Waals surface area (Å²) >= 11 is 0. The number of aliphatic hydroxyl groups is 2. The Morgan fingerprint density at radius 2 is 1.67 bits per heavy atom. The second-order valence-corrected chi connectivity index (χ2v) is 10.7. The molecule has 0 saturated carbocycles. The van der Waals surface area contributed by atoms with Gasteiger partial charge in [0.25, 0.3) is 0 Å². The number of nitrogens with zero attached hydrogens (tertiary/aromatic N) is 2. The minimum absolute atomic E-state index is 0. The Morgan fingerprint density at radius 3 is 2.27 bits per heavy atom. The number of imidazole rings is 1. The Morgan fingerprint density at radius 1 is 1.03 bits per heavy atom. The van der Waals surface area contributed by atoms with E-state index in [1.54, 1.807) is 18.2 Å². The number of phosphoric acid groups is 3. The number of para-hydroxylation sites is 1. The van der Waals surface area contributed by atoms with Crippen LogP contribution >= 0.6 is 23.5 Å². The fraction of sp³-hybridized carbons (Fsp3) is 0.417. The van der Waals surface area contributed by atoms with E-state index in [2.05, 4.69) is 18.1 Å². The van der Waals surface area contributed by atoms with Crippen LogP contribution in [-0.4, -0.2) is 64.3 Å². The number of anilines is 1. The van der Waals surface area contributed by atoms with Crippen molar-refractivity contribution in [2.75, 3.05) is 12.3 Å². The Bertz CT molecular complexity index is 1110. The summed E-state index contributed by atoms with van der Waals surface area (Å²) < 4.78 is 52.2. The normalized spacial score (nSPS) is 26.7. The largest absolute Gasteiger partial charge is 1.00 e. The Balaban J connectivity index is 0.00000272. The zero-order chi connectivity index (χ0) is 23.2. The van der Waals surface area contributed by atoms with E-state index >= 15 is 0 Å². The summed E-state index contributed by atoms with van der Waals surface area (Å²) in [6.45, 7) is -0.923. The van der Waals surface area contributed by atoms with Crippen LogP contribution in [0.5, 0.6) is 0 Å². The smallest absolute Gasteiger partial charge is 0.397 e. The Kier molecular flexibility index (Phi) is 11.5. The first kappa shape index (κ1) is 31.8. The van der Waals surface area contributed by atoms with Crippen molar-refractivity contribution in [3.63, 3.8) is 0 Å². The average molecular weight is 551 g/mol. The summed E-state index contributed by atoms with van der Waals surface area (Å²) in [5.41, 5.74) is 7.04. The second kappa shape index (κ2) is 11.9. The van der Waals surface area contributed by atoms with Crippen LogP contribution in [0.2, 0.25) is 0 Å². The van der Waals surface area contributed by atoms with Crippen LogP contribution in [-0.2, 0) is 31.6 Å². The first-order valence-corrected chi connectivity index (χ1v) is 12.7. The molecule has 2 heterocycles. The Hall–Kier alpha value is 0.780. The number of aliphatic hydroxyl groups excluding tert-OH is 2. The molecule has 21 heteroatoms. The molecule has 2 unspecified atom stereocenters. The molecular formula is C12H18N3Na2O13P3+2. The van der Waals surface area contributed by atoms with Crippen LogP contribution in [0.15, 0.2) is 24.5 Å². The third kappa shape index (κ3) is 8.14. The number of hydrogen-bond donors (Lipinski definition) is 7. The van der Waals surface area contributed by atoms with Crippen molar-refractivity contribution in [1.29, 1.82) is 0 Å². The summed E-state index contributed by atoms with van der Waals surface area (Å²) in [6, 6.07) is 4.85. The van der Waals surface area contributed by atoms with Gasteiger partial charge in [0.05, 0.1) is 24.1 Å². The zero-order valence-electron chi connectivity index (χ0n) is 17.2. The van der Waals surface area contributed by atoms with Crippen LogP contribution in [0, 0.1) is 0 Å². The summed E-state index contributed by atoms with van der Waals surface area (Å²) in [6.07, 6.45) is -4.48. The van der Waals surface area contributed by atoms with Gasteiger partial charge in [0.2, 0.25) is 0 Å². The van der Waals surface area contributed by atoms with Gasteiger partial charge in [-0.2, -0.15) is 8.62 Å². The standard InChI is InChI=1S/C12H18N3O13P3.2Na/c13-6-2-1-3-7-9(6)14-5-15(7)12-11(17)10(16)8(26-12)4-25-30(21,22)28-31(23,24)27-29(18,19)20;;/h1-3,5,8,10-12,16-17H,4,13H2,(H,21,22)(H,23,24)(H2,18,19,20);;/q;2*+1/t8-,10-,11-,12-;;/m1../s1. The summed E-state index contributed by atoms with van der Waals surface area (Å²) in [7, 11) is -16.6. The molecule has 1 aromatic carbocycles. The van der Waals surface area contributed by atoms with Crippen LogP contribution in [0.25, 0.3) is 11.0 Å². The maximum atomic E-state index is 11.8. The molecule has 8 N–H and O–H groups in total. The second-order valence-electron chi connectivity index (χ2n) is 6.30. The van der Waals surface area contributed by atoms with E-state index in [1.807, 2.05) is 0 Å². The minimum Gasteiger partial charge on any atom is -0.397 e. The average Bonchev–Trinajstić information content (AvgIpc) is 3.13. The molecule has 16 nitrogen and oxygen atoms in total. The van der Waals surface area contributed by atoms with Crippen molar-refractivity contribution in [1.82, 2.24) is 9.55 Å². The van der Waals surface area contributed by atoms with E-state index in [9.17, 15) is 28.8 Å². The molecule has 0 aliphatic carbocycles. The number of phosphoric ester groups is 1. The minimum atomic E-state index is -5.69. The number of hydrogen-bond acceptors (Lipinski definition) is 11. The van der Waals surface area contributed by atoms with E-state index in [4.69, 9.17) is 25.2 Å². The van der Waals surface area contributed by atoms with Crippen molar-refractivity contribution < 1.29 is 120 Å². The first-order valence-electron chi connectivity index (χ1n) is 8.20. The van der Waals surface area contributed by atoms with Gasteiger partial charge in [-0.05, 0) is 12.1 Å². The van der Waals surface area contributed by atoms with Gasteiger partial charge >= 0.3 is 82.6 Å². The summed E-state index contributed by atoms with van der Waals surface area (Å²) in [5, 5.41) is 20.5. The SMILES string of the molecule is Nc1cccc2c1ncn2[C@@H]1O[C@H](COP(=O)(O)OP(=O)(O)OP(=O)(O)O)[C@@H](O)[C@H]1O.[Na+].[Na+]. The molecule has 1 saturated heterocycles. The molecule has 1 aromatic heterocycles. The molecule has 2 aromatic rings. The molecule has 1 aliphatic rings. The van der Waals surface area contributed by atoms with Gasteiger partial charge in [-0.1, -0.05) is 6.07 Å². The molecule has 1 aliphatic heterocycles. The van der Waals surface area contributed by atoms with Crippen molar-refractivity contribution in [3.8, 4) is 0 Å². The molecular weight excluding hydrogens is 533 g/mol. The van der Waals surface area contributed by atoms with Crippen LogP contribution < -0.4 is 64.8 Å². The Labute approximate surface area is 230 Å². The van der Waals surface area contributed by atoms with Crippen LogP contribution in [0.1, 0.15) is 6.23 Å². The first-order chi connectivity index (χ1) is 14.2. The number of nitrogen functional groups attached to an aromatic ring is 1. The van der Waals surface area contributed by atoms with Crippen molar-refractivity contribution in [2.24, 2.45) is 0 Å². The maximum Gasteiger partial charge on any atom is 1.00 e. The number of benzene rings is 1. The van der Waals surface area contributed by atoms with Gasteiger partial charge in [-0.15, -0.1) is 0 Å². The summed E-state index contributed by atoms with van der Waals surface area (Å²) in [5.74, 6) is 0. The molecule has 0 amide bonds. The number of aromatic nitrogens is 2. The number of nitrogens with two attached hydrogens (primary N) is 1. The third-order valence-electron chi connectivity index (χ3n) is 4.06. The fourth-order valence-corrected chi connectivity index (χ4v) is 5.88. The van der Waals surface area contributed by atoms with E-state index in [-0.39, 0.29) is 59.1 Å². The van der Waals surface area contributed by atoms with Gasteiger partial charge in [-0.3, -0.25) is 4.52 Å². The number of ether oxygens (including phenoxy) is 1. The molecule has 6 atom stereocenters. The molecule has 0 radical (unpaired) electrons. The van der Waals surface area contributed by atoms with E-state index in [1.165, 1.54) is 10.9 Å². The van der Waals surface area contributed by atoms with Gasteiger partial charge in [-0.25, -0.2) is 18.7 Å². The third-order valence-corrected chi connectivity index (χ3v) is 7.87. The van der Waals surface area contributed by atoms with Gasteiger partial charge < -0.3 is 44.8 Å². The van der Waals surface area contributed by atoms with Crippen LogP contribution in [0.3, 0.4) is 0 Å². The number of fused-ring (bicyclic) bond motifs is 1. The topological polar surface area (TPSA) is 253 Å². The van der Waals surface area contributed by atoms with Crippen molar-refractivity contribution in [3.05, 3.63) is 24.5 Å². The molecule has 174 valence electrons. The van der Waals surface area contributed by atoms with Crippen molar-refractivity contribution >= 4 is 40.2 Å². The molecule has 3 rings (SSSR count). The number of rotatable bonds is 8. The summed E-state index contributed by atoms with van der Waals surface area (Å²) in [4.78, 5) is 39.7.